The zero-order chi connectivity index (χ0) is 22.7. The van der Waals surface area contributed by atoms with Gasteiger partial charge in [-0.1, -0.05) is 0 Å². The van der Waals surface area contributed by atoms with Crippen LogP contribution >= 0.6 is 0 Å². The maximum atomic E-state index is 6.29. The van der Waals surface area contributed by atoms with Gasteiger partial charge in [0.05, 0.1) is 30.1 Å². The molecule has 6 rings (SSSR count). The van der Waals surface area contributed by atoms with Crippen molar-refractivity contribution in [3.63, 3.8) is 0 Å². The summed E-state index contributed by atoms with van der Waals surface area (Å²) in [5.74, 6) is 2.43. The predicted octanol–water partition coefficient (Wildman–Crippen LogP) is 3.80. The summed E-state index contributed by atoms with van der Waals surface area (Å²) in [6.45, 7) is 6.84. The van der Waals surface area contributed by atoms with E-state index >= 15 is 0 Å². The first-order valence-corrected chi connectivity index (χ1v) is 11.2. The summed E-state index contributed by atoms with van der Waals surface area (Å²) in [6.07, 6.45) is 2.95. The number of benzene rings is 1. The Kier molecular flexibility index (Phi) is 4.45. The first-order chi connectivity index (χ1) is 15.9. The third kappa shape index (κ3) is 3.52. The van der Waals surface area contributed by atoms with Crippen molar-refractivity contribution in [3.8, 4) is 23.1 Å². The van der Waals surface area contributed by atoms with Crippen molar-refractivity contribution >= 4 is 10.9 Å². The number of oxazole rings is 1. The molecule has 0 spiro atoms. The van der Waals surface area contributed by atoms with E-state index in [4.69, 9.17) is 13.9 Å². The molecule has 3 aromatic heterocycles. The monoisotopic (exact) mass is 446 g/mol. The number of aryl methyl sites for hydroxylation is 2. The summed E-state index contributed by atoms with van der Waals surface area (Å²) in [7, 11) is 1.57. The molecule has 2 N–H and O–H groups in total. The van der Waals surface area contributed by atoms with Gasteiger partial charge in [-0.2, -0.15) is 15.1 Å². The normalized spacial score (nSPS) is 18.8. The summed E-state index contributed by atoms with van der Waals surface area (Å²) in [5.41, 5.74) is 4.97. The number of hydrogen-bond donors (Lipinski definition) is 2. The van der Waals surface area contributed by atoms with Crippen LogP contribution in [0.15, 0.2) is 22.6 Å². The van der Waals surface area contributed by atoms with Gasteiger partial charge in [0.25, 0.3) is 0 Å². The van der Waals surface area contributed by atoms with Crippen LogP contribution in [0.4, 0.5) is 0 Å². The second kappa shape index (κ2) is 7.28. The van der Waals surface area contributed by atoms with Crippen molar-refractivity contribution in [1.29, 1.82) is 0 Å². The molecule has 1 aliphatic heterocycles. The number of aromatic nitrogens is 5. The molecule has 33 heavy (non-hydrogen) atoms. The Labute approximate surface area is 190 Å². The molecule has 1 aliphatic carbocycles. The molecule has 2 aliphatic rings. The summed E-state index contributed by atoms with van der Waals surface area (Å²) < 4.78 is 17.5. The summed E-state index contributed by atoms with van der Waals surface area (Å²) in [5, 5.41) is 12.2. The third-order valence-corrected chi connectivity index (χ3v) is 6.42. The molecule has 1 saturated carbocycles. The molecule has 1 unspecified atom stereocenters. The SMILES string of the molecule is COc1nc(-c2n[nH]c3cc(C)c(OC4(C)CC4)cc23)cc(C2NCCc3oc(C)nc32)n1. The fraction of sp³-hybridized carbons (Fsp3) is 0.417. The van der Waals surface area contributed by atoms with Crippen molar-refractivity contribution in [3.05, 3.63) is 46.8 Å². The van der Waals surface area contributed by atoms with Crippen LogP contribution in [0.2, 0.25) is 0 Å². The number of fused-ring (bicyclic) bond motifs is 2. The van der Waals surface area contributed by atoms with Crippen LogP contribution in [0.5, 0.6) is 11.8 Å². The van der Waals surface area contributed by atoms with Gasteiger partial charge in [0.15, 0.2) is 5.89 Å². The van der Waals surface area contributed by atoms with Crippen LogP contribution in [0.3, 0.4) is 0 Å². The molecule has 9 nitrogen and oxygen atoms in total. The molecular formula is C24H26N6O3. The Hall–Kier alpha value is -3.46. The zero-order valence-corrected chi connectivity index (χ0v) is 19.2. The molecule has 1 fully saturated rings. The highest BCUT2D eigenvalue weighted by molar-refractivity contribution is 5.93. The number of nitrogens with zero attached hydrogens (tertiary/aromatic N) is 4. The molecular weight excluding hydrogens is 420 g/mol. The zero-order valence-electron chi connectivity index (χ0n) is 19.2. The van der Waals surface area contributed by atoms with Gasteiger partial charge in [-0.05, 0) is 50.5 Å². The second-order valence-corrected chi connectivity index (χ2v) is 9.13. The molecule has 0 saturated heterocycles. The lowest BCUT2D eigenvalue weighted by atomic mass is 10.0. The largest absolute Gasteiger partial charge is 0.487 e. The number of ether oxygens (including phenoxy) is 2. The molecule has 170 valence electrons. The number of aromatic amines is 1. The molecule has 1 atom stereocenters. The van der Waals surface area contributed by atoms with Crippen LogP contribution < -0.4 is 14.8 Å². The van der Waals surface area contributed by atoms with Gasteiger partial charge in [-0.15, -0.1) is 0 Å². The second-order valence-electron chi connectivity index (χ2n) is 9.13. The Morgan fingerprint density at radius 1 is 1.12 bits per heavy atom. The molecule has 0 bridgehead atoms. The molecule has 9 heteroatoms. The lowest BCUT2D eigenvalue weighted by Crippen LogP contribution is -2.31. The summed E-state index contributed by atoms with van der Waals surface area (Å²) in [4.78, 5) is 13.8. The average Bonchev–Trinajstić information content (AvgIpc) is 3.20. The highest BCUT2D eigenvalue weighted by Gasteiger charge is 2.40. The first kappa shape index (κ1) is 20.2. The molecule has 4 heterocycles. The highest BCUT2D eigenvalue weighted by atomic mass is 16.5. The number of methoxy groups -OCH3 is 1. The summed E-state index contributed by atoms with van der Waals surface area (Å²) in [6, 6.07) is 6.14. The van der Waals surface area contributed by atoms with Crippen LogP contribution in [-0.4, -0.2) is 44.4 Å². The van der Waals surface area contributed by atoms with Crippen molar-refractivity contribution < 1.29 is 13.9 Å². The van der Waals surface area contributed by atoms with E-state index in [2.05, 4.69) is 56.4 Å². The number of H-pyrrole nitrogens is 1. The number of rotatable bonds is 5. The Morgan fingerprint density at radius 2 is 1.97 bits per heavy atom. The minimum Gasteiger partial charge on any atom is -0.487 e. The lowest BCUT2D eigenvalue weighted by molar-refractivity contribution is 0.199. The standard InChI is InChI=1S/C24H26N6O3/c1-12-9-15-14(10-19(12)33-24(3)6-7-24)20(30-29-15)16-11-17(28-23(27-16)31-4)21-22-18(5-8-25-21)32-13(2)26-22/h9-11,21,25H,5-8H2,1-4H3,(H,29,30). The van der Waals surface area contributed by atoms with Gasteiger partial charge >= 0.3 is 6.01 Å². The minimum absolute atomic E-state index is 0.0618. The maximum absolute atomic E-state index is 6.29. The average molecular weight is 447 g/mol. The Balaban J connectivity index is 1.46. The Bertz CT molecular complexity index is 1370. The molecule has 1 aromatic carbocycles. The van der Waals surface area contributed by atoms with Gasteiger partial charge in [0.1, 0.15) is 28.5 Å². The van der Waals surface area contributed by atoms with E-state index in [1.807, 2.05) is 13.0 Å². The first-order valence-electron chi connectivity index (χ1n) is 11.2. The maximum Gasteiger partial charge on any atom is 0.317 e. The third-order valence-electron chi connectivity index (χ3n) is 6.42. The van der Waals surface area contributed by atoms with E-state index in [0.29, 0.717) is 11.6 Å². The number of nitrogens with one attached hydrogen (secondary N) is 2. The van der Waals surface area contributed by atoms with Crippen LogP contribution in [0.1, 0.15) is 54.4 Å². The van der Waals surface area contributed by atoms with E-state index in [-0.39, 0.29) is 17.7 Å². The van der Waals surface area contributed by atoms with Crippen molar-refractivity contribution in [2.45, 2.75) is 51.7 Å². The van der Waals surface area contributed by atoms with E-state index in [0.717, 1.165) is 70.9 Å². The fourth-order valence-electron chi connectivity index (χ4n) is 4.37. The van der Waals surface area contributed by atoms with E-state index < -0.39 is 0 Å². The van der Waals surface area contributed by atoms with Gasteiger partial charge in [-0.3, -0.25) is 5.10 Å². The molecule has 0 radical (unpaired) electrons. The quantitative estimate of drug-likeness (QED) is 0.476. The van der Waals surface area contributed by atoms with Crippen LogP contribution in [0, 0.1) is 13.8 Å². The van der Waals surface area contributed by atoms with Gasteiger partial charge < -0.3 is 19.2 Å². The lowest BCUT2D eigenvalue weighted by Gasteiger charge is -2.22. The van der Waals surface area contributed by atoms with E-state index in [1.165, 1.54) is 0 Å². The fourth-order valence-corrected chi connectivity index (χ4v) is 4.37. The van der Waals surface area contributed by atoms with Crippen LogP contribution in [0.25, 0.3) is 22.3 Å². The van der Waals surface area contributed by atoms with Crippen molar-refractivity contribution in [1.82, 2.24) is 30.5 Å². The van der Waals surface area contributed by atoms with Gasteiger partial charge in [-0.25, -0.2) is 4.98 Å². The minimum atomic E-state index is -0.206. The predicted molar refractivity (Wildman–Crippen MR) is 121 cm³/mol. The molecule has 4 aromatic rings. The summed E-state index contributed by atoms with van der Waals surface area (Å²) >= 11 is 0. The van der Waals surface area contributed by atoms with E-state index in [9.17, 15) is 0 Å². The van der Waals surface area contributed by atoms with E-state index in [1.54, 1.807) is 7.11 Å². The van der Waals surface area contributed by atoms with Crippen molar-refractivity contribution in [2.75, 3.05) is 13.7 Å². The van der Waals surface area contributed by atoms with Gasteiger partial charge in [0.2, 0.25) is 0 Å². The Morgan fingerprint density at radius 3 is 2.76 bits per heavy atom. The smallest absolute Gasteiger partial charge is 0.317 e. The highest BCUT2D eigenvalue weighted by Crippen LogP contribution is 2.42. The topological polar surface area (TPSA) is 111 Å². The molecule has 0 amide bonds. The van der Waals surface area contributed by atoms with Gasteiger partial charge in [0, 0.05) is 25.3 Å². The number of hydrogen-bond acceptors (Lipinski definition) is 8. The van der Waals surface area contributed by atoms with Crippen molar-refractivity contribution in [2.24, 2.45) is 0 Å². The van der Waals surface area contributed by atoms with Crippen LogP contribution in [-0.2, 0) is 6.42 Å².